The zero-order valence-corrected chi connectivity index (χ0v) is 16.5. The SMILES string of the molecule is CCC(CC)n1c(-c2cccc3ccccc23)csc1=Nc1cccnc1. The largest absolute Gasteiger partial charge is 0.313 e. The Morgan fingerprint density at radius 2 is 1.81 bits per heavy atom. The lowest BCUT2D eigenvalue weighted by Gasteiger charge is -2.19. The fourth-order valence-electron chi connectivity index (χ4n) is 3.58. The summed E-state index contributed by atoms with van der Waals surface area (Å²) in [6, 6.07) is 19.5. The first-order valence-corrected chi connectivity index (χ1v) is 10.3. The first-order chi connectivity index (χ1) is 13.3. The van der Waals surface area contributed by atoms with Crippen LogP contribution in [0.3, 0.4) is 0 Å². The van der Waals surface area contributed by atoms with E-state index in [2.05, 4.69) is 71.2 Å². The van der Waals surface area contributed by atoms with E-state index < -0.39 is 0 Å². The van der Waals surface area contributed by atoms with Gasteiger partial charge in [0.15, 0.2) is 4.80 Å². The number of thiazole rings is 1. The Bertz CT molecular complexity index is 1100. The molecule has 4 aromatic rings. The molecule has 2 aromatic heterocycles. The average Bonchev–Trinajstić information content (AvgIpc) is 3.12. The fourth-order valence-corrected chi connectivity index (χ4v) is 4.56. The zero-order chi connectivity index (χ0) is 18.6. The number of benzene rings is 2. The van der Waals surface area contributed by atoms with Gasteiger partial charge in [0.25, 0.3) is 0 Å². The molecule has 0 atom stereocenters. The highest BCUT2D eigenvalue weighted by Gasteiger charge is 2.16. The van der Waals surface area contributed by atoms with E-state index in [4.69, 9.17) is 4.99 Å². The molecule has 0 radical (unpaired) electrons. The van der Waals surface area contributed by atoms with E-state index >= 15 is 0 Å². The van der Waals surface area contributed by atoms with Crippen LogP contribution >= 0.6 is 11.3 Å². The zero-order valence-electron chi connectivity index (χ0n) is 15.7. The Labute approximate surface area is 163 Å². The minimum Gasteiger partial charge on any atom is -0.313 e. The van der Waals surface area contributed by atoms with Gasteiger partial charge in [0.2, 0.25) is 0 Å². The number of rotatable bonds is 5. The molecule has 0 amide bonds. The van der Waals surface area contributed by atoms with Crippen LogP contribution in [-0.4, -0.2) is 9.55 Å². The first kappa shape index (κ1) is 17.7. The van der Waals surface area contributed by atoms with Crippen molar-refractivity contribution in [3.05, 3.63) is 77.2 Å². The Morgan fingerprint density at radius 3 is 2.59 bits per heavy atom. The van der Waals surface area contributed by atoms with Gasteiger partial charge in [-0.3, -0.25) is 4.98 Å². The van der Waals surface area contributed by atoms with Crippen LogP contribution in [0.25, 0.3) is 22.0 Å². The maximum absolute atomic E-state index is 4.90. The molecule has 4 heteroatoms. The first-order valence-electron chi connectivity index (χ1n) is 9.44. The second-order valence-corrected chi connectivity index (χ2v) is 7.43. The Balaban J connectivity index is 1.97. The van der Waals surface area contributed by atoms with Crippen LogP contribution in [0.15, 0.2) is 77.4 Å². The number of aromatic nitrogens is 2. The van der Waals surface area contributed by atoms with Crippen LogP contribution in [0, 0.1) is 0 Å². The minimum absolute atomic E-state index is 0.417. The smallest absolute Gasteiger partial charge is 0.190 e. The Kier molecular flexibility index (Phi) is 5.16. The highest BCUT2D eigenvalue weighted by molar-refractivity contribution is 7.07. The van der Waals surface area contributed by atoms with Gasteiger partial charge in [0, 0.05) is 23.2 Å². The predicted octanol–water partition coefficient (Wildman–Crippen LogP) is 6.36. The molecule has 4 rings (SSSR count). The van der Waals surface area contributed by atoms with Crippen molar-refractivity contribution >= 4 is 27.8 Å². The lowest BCUT2D eigenvalue weighted by Crippen LogP contribution is -2.21. The predicted molar refractivity (Wildman–Crippen MR) is 114 cm³/mol. The van der Waals surface area contributed by atoms with Crippen molar-refractivity contribution in [3.63, 3.8) is 0 Å². The molecular formula is C23H23N3S. The van der Waals surface area contributed by atoms with Gasteiger partial charge in [0.1, 0.15) is 0 Å². The van der Waals surface area contributed by atoms with Gasteiger partial charge in [-0.2, -0.15) is 0 Å². The molecule has 0 saturated heterocycles. The van der Waals surface area contributed by atoms with Crippen molar-refractivity contribution < 1.29 is 0 Å². The molecule has 0 spiro atoms. The number of fused-ring (bicyclic) bond motifs is 1. The fraction of sp³-hybridized carbons (Fsp3) is 0.217. The van der Waals surface area contributed by atoms with E-state index in [1.165, 1.54) is 22.0 Å². The summed E-state index contributed by atoms with van der Waals surface area (Å²) < 4.78 is 2.42. The van der Waals surface area contributed by atoms with Crippen molar-refractivity contribution in [1.82, 2.24) is 9.55 Å². The normalized spacial score (nSPS) is 12.2. The van der Waals surface area contributed by atoms with Crippen molar-refractivity contribution in [3.8, 4) is 11.3 Å². The van der Waals surface area contributed by atoms with Gasteiger partial charge >= 0.3 is 0 Å². The van der Waals surface area contributed by atoms with E-state index in [1.54, 1.807) is 17.5 Å². The molecule has 136 valence electrons. The highest BCUT2D eigenvalue weighted by Crippen LogP contribution is 2.32. The van der Waals surface area contributed by atoms with Crippen LogP contribution in [0.4, 0.5) is 5.69 Å². The second-order valence-electron chi connectivity index (χ2n) is 6.59. The van der Waals surface area contributed by atoms with E-state index in [0.717, 1.165) is 23.3 Å². The lowest BCUT2D eigenvalue weighted by molar-refractivity contribution is 0.467. The summed E-state index contributed by atoms with van der Waals surface area (Å²) in [7, 11) is 0. The van der Waals surface area contributed by atoms with Gasteiger partial charge in [-0.05, 0) is 35.7 Å². The van der Waals surface area contributed by atoms with Gasteiger partial charge in [-0.25, -0.2) is 4.99 Å². The third-order valence-corrected chi connectivity index (χ3v) is 5.83. The van der Waals surface area contributed by atoms with Crippen LogP contribution in [0.2, 0.25) is 0 Å². The number of nitrogens with zero attached hydrogens (tertiary/aromatic N) is 3. The summed E-state index contributed by atoms with van der Waals surface area (Å²) in [4.78, 5) is 10.1. The Morgan fingerprint density at radius 1 is 1.00 bits per heavy atom. The quantitative estimate of drug-likeness (QED) is 0.400. The van der Waals surface area contributed by atoms with E-state index in [0.29, 0.717) is 6.04 Å². The van der Waals surface area contributed by atoms with Crippen molar-refractivity contribution in [2.24, 2.45) is 4.99 Å². The van der Waals surface area contributed by atoms with Crippen LogP contribution < -0.4 is 4.80 Å². The number of pyridine rings is 1. The van der Waals surface area contributed by atoms with E-state index in [9.17, 15) is 0 Å². The number of hydrogen-bond donors (Lipinski definition) is 0. The summed E-state index contributed by atoms with van der Waals surface area (Å²) in [5.41, 5.74) is 3.40. The molecule has 0 saturated carbocycles. The molecule has 3 nitrogen and oxygen atoms in total. The third-order valence-electron chi connectivity index (χ3n) is 4.99. The molecule has 0 unspecified atom stereocenters. The van der Waals surface area contributed by atoms with Crippen molar-refractivity contribution in [2.75, 3.05) is 0 Å². The van der Waals surface area contributed by atoms with E-state index in [-0.39, 0.29) is 0 Å². The summed E-state index contributed by atoms with van der Waals surface area (Å²) >= 11 is 1.70. The average molecular weight is 374 g/mol. The molecule has 0 aliphatic rings. The highest BCUT2D eigenvalue weighted by atomic mass is 32.1. The summed E-state index contributed by atoms with van der Waals surface area (Å²) in [5.74, 6) is 0. The van der Waals surface area contributed by atoms with Crippen molar-refractivity contribution in [2.45, 2.75) is 32.7 Å². The number of hydrogen-bond acceptors (Lipinski definition) is 3. The maximum Gasteiger partial charge on any atom is 0.190 e. The lowest BCUT2D eigenvalue weighted by atomic mass is 10.0. The molecular weight excluding hydrogens is 350 g/mol. The van der Waals surface area contributed by atoms with Crippen LogP contribution in [0.1, 0.15) is 32.7 Å². The molecule has 27 heavy (non-hydrogen) atoms. The molecule has 0 bridgehead atoms. The van der Waals surface area contributed by atoms with Crippen LogP contribution in [0.5, 0.6) is 0 Å². The standard InChI is InChI=1S/C23H23N3S/c1-3-19(4-2)26-22(16-27-23(26)25-18-11-8-14-24-15-18)21-13-7-10-17-9-5-6-12-20(17)21/h5-16,19H,3-4H2,1-2H3. The van der Waals surface area contributed by atoms with Gasteiger partial charge in [-0.1, -0.05) is 56.3 Å². The van der Waals surface area contributed by atoms with E-state index in [1.807, 2.05) is 18.3 Å². The van der Waals surface area contributed by atoms with Gasteiger partial charge < -0.3 is 4.57 Å². The Hall–Kier alpha value is -2.72. The topological polar surface area (TPSA) is 30.2 Å². The molecule has 0 fully saturated rings. The third kappa shape index (κ3) is 3.45. The van der Waals surface area contributed by atoms with Gasteiger partial charge in [0.05, 0.1) is 17.6 Å². The molecule has 0 aliphatic carbocycles. The second kappa shape index (κ2) is 7.89. The minimum atomic E-state index is 0.417. The monoisotopic (exact) mass is 373 g/mol. The van der Waals surface area contributed by atoms with Crippen LogP contribution in [-0.2, 0) is 0 Å². The summed E-state index contributed by atoms with van der Waals surface area (Å²) in [6.45, 7) is 4.50. The maximum atomic E-state index is 4.90. The molecule has 0 aliphatic heterocycles. The summed E-state index contributed by atoms with van der Waals surface area (Å²) in [6.07, 6.45) is 5.74. The summed E-state index contributed by atoms with van der Waals surface area (Å²) in [5, 5.41) is 4.79. The molecule has 0 N–H and O–H groups in total. The molecule has 2 aromatic carbocycles. The van der Waals surface area contributed by atoms with Crippen molar-refractivity contribution in [1.29, 1.82) is 0 Å². The van der Waals surface area contributed by atoms with Gasteiger partial charge in [-0.15, -0.1) is 11.3 Å². The molecule has 2 heterocycles.